The summed E-state index contributed by atoms with van der Waals surface area (Å²) in [6, 6.07) is 8.23. The van der Waals surface area contributed by atoms with Gasteiger partial charge in [-0.3, -0.25) is 0 Å². The minimum atomic E-state index is 0.740. The van der Waals surface area contributed by atoms with Gasteiger partial charge in [-0.2, -0.15) is 0 Å². The topological polar surface area (TPSA) is 39.3 Å². The molecule has 4 heteroatoms. The maximum atomic E-state index is 5.37. The Morgan fingerprint density at radius 2 is 2.11 bits per heavy atom. The van der Waals surface area contributed by atoms with Crippen LogP contribution in [0.2, 0.25) is 0 Å². The summed E-state index contributed by atoms with van der Waals surface area (Å²) in [4.78, 5) is 0. The van der Waals surface area contributed by atoms with Crippen LogP contribution in [0, 0.1) is 0 Å². The van der Waals surface area contributed by atoms with Gasteiger partial charge in [-0.15, -0.1) is 0 Å². The van der Waals surface area contributed by atoms with Crippen molar-refractivity contribution in [1.82, 2.24) is 9.88 Å². The molecule has 0 aliphatic heterocycles. The molecule has 0 spiro atoms. The van der Waals surface area contributed by atoms with E-state index in [1.165, 1.54) is 11.4 Å². The van der Waals surface area contributed by atoms with E-state index in [1.807, 2.05) is 12.1 Å². The molecular weight excluding hydrogens is 228 g/mol. The lowest BCUT2D eigenvalue weighted by Gasteiger charge is -2.08. The molecule has 0 saturated carbocycles. The molecule has 0 saturated heterocycles. The molecule has 0 aromatic carbocycles. The molecule has 0 amide bonds. The Balaban J connectivity index is 1.91. The van der Waals surface area contributed by atoms with E-state index in [0.29, 0.717) is 0 Å². The normalized spacial score (nSPS) is 11.0. The average molecular weight is 248 g/mol. The maximum Gasteiger partial charge on any atom is 0.109 e. The van der Waals surface area contributed by atoms with Crippen LogP contribution in [0.5, 0.6) is 0 Å². The molecular formula is C14H20N2O2. The van der Waals surface area contributed by atoms with Crippen LogP contribution < -0.4 is 5.32 Å². The van der Waals surface area contributed by atoms with Crippen LogP contribution in [0.1, 0.15) is 17.1 Å². The molecule has 0 aliphatic carbocycles. The van der Waals surface area contributed by atoms with Gasteiger partial charge in [0.1, 0.15) is 5.76 Å². The quantitative estimate of drug-likeness (QED) is 0.761. The number of aromatic nitrogens is 1. The second-order valence-electron chi connectivity index (χ2n) is 4.30. The Hall–Kier alpha value is -1.52. The van der Waals surface area contributed by atoms with Crippen molar-refractivity contribution in [3.63, 3.8) is 0 Å². The standard InChI is InChI=1S/C14H20N2O2/c1-16-12(10-14-4-3-8-18-14)5-6-13(16)11-15-7-9-17-2/h3-6,8,15H,7,9-11H2,1-2H3. The van der Waals surface area contributed by atoms with Crippen molar-refractivity contribution < 1.29 is 9.15 Å². The molecule has 2 aromatic rings. The average Bonchev–Trinajstić information content (AvgIpc) is 2.99. The molecule has 2 rings (SSSR count). The molecule has 0 fully saturated rings. The van der Waals surface area contributed by atoms with Gasteiger partial charge in [0.25, 0.3) is 0 Å². The summed E-state index contributed by atoms with van der Waals surface area (Å²) >= 11 is 0. The number of hydrogen-bond donors (Lipinski definition) is 1. The lowest BCUT2D eigenvalue weighted by atomic mass is 10.2. The SMILES string of the molecule is COCCNCc1ccc(Cc2ccco2)n1C. The first kappa shape index (κ1) is 12.9. The van der Waals surface area contributed by atoms with Crippen molar-refractivity contribution in [2.24, 2.45) is 7.05 Å². The number of rotatable bonds is 7. The van der Waals surface area contributed by atoms with Crippen LogP contribution >= 0.6 is 0 Å². The number of furan rings is 1. The molecule has 0 unspecified atom stereocenters. The van der Waals surface area contributed by atoms with Crippen LogP contribution in [-0.2, 0) is 24.8 Å². The van der Waals surface area contributed by atoms with Crippen LogP contribution in [0.15, 0.2) is 34.9 Å². The highest BCUT2D eigenvalue weighted by Gasteiger charge is 2.06. The summed E-state index contributed by atoms with van der Waals surface area (Å²) < 4.78 is 12.6. The summed E-state index contributed by atoms with van der Waals surface area (Å²) in [6.07, 6.45) is 2.55. The zero-order valence-corrected chi connectivity index (χ0v) is 11.0. The van der Waals surface area contributed by atoms with Gasteiger partial charge >= 0.3 is 0 Å². The monoisotopic (exact) mass is 248 g/mol. The highest BCUT2D eigenvalue weighted by atomic mass is 16.5. The van der Waals surface area contributed by atoms with Gasteiger partial charge in [-0.25, -0.2) is 0 Å². The van der Waals surface area contributed by atoms with E-state index in [0.717, 1.165) is 31.9 Å². The number of methoxy groups -OCH3 is 1. The summed E-state index contributed by atoms with van der Waals surface area (Å²) in [5.41, 5.74) is 2.53. The minimum absolute atomic E-state index is 0.740. The first-order chi connectivity index (χ1) is 8.81. The Morgan fingerprint density at radius 3 is 2.83 bits per heavy atom. The molecule has 98 valence electrons. The zero-order valence-electron chi connectivity index (χ0n) is 11.0. The van der Waals surface area contributed by atoms with E-state index >= 15 is 0 Å². The van der Waals surface area contributed by atoms with Gasteiger partial charge in [0.2, 0.25) is 0 Å². The molecule has 0 bridgehead atoms. The summed E-state index contributed by atoms with van der Waals surface area (Å²) in [5.74, 6) is 0.995. The molecule has 18 heavy (non-hydrogen) atoms. The largest absolute Gasteiger partial charge is 0.469 e. The van der Waals surface area contributed by atoms with E-state index in [2.05, 4.69) is 29.1 Å². The Labute approximate surface area is 108 Å². The molecule has 4 nitrogen and oxygen atoms in total. The van der Waals surface area contributed by atoms with Crippen molar-refractivity contribution in [2.75, 3.05) is 20.3 Å². The van der Waals surface area contributed by atoms with E-state index in [-0.39, 0.29) is 0 Å². The fourth-order valence-electron chi connectivity index (χ4n) is 1.94. The minimum Gasteiger partial charge on any atom is -0.469 e. The molecule has 0 aliphatic rings. The number of ether oxygens (including phenoxy) is 1. The molecule has 0 atom stereocenters. The molecule has 2 aromatic heterocycles. The van der Waals surface area contributed by atoms with Gasteiger partial charge in [0.15, 0.2) is 0 Å². The lowest BCUT2D eigenvalue weighted by Crippen LogP contribution is -2.20. The molecule has 0 radical (unpaired) electrons. The maximum absolute atomic E-state index is 5.37. The van der Waals surface area contributed by atoms with E-state index in [4.69, 9.17) is 9.15 Å². The van der Waals surface area contributed by atoms with Crippen molar-refractivity contribution in [1.29, 1.82) is 0 Å². The van der Waals surface area contributed by atoms with Gasteiger partial charge in [-0.1, -0.05) is 0 Å². The first-order valence-corrected chi connectivity index (χ1v) is 6.16. The van der Waals surface area contributed by atoms with Crippen molar-refractivity contribution in [3.8, 4) is 0 Å². The van der Waals surface area contributed by atoms with Gasteiger partial charge in [-0.05, 0) is 24.3 Å². The fraction of sp³-hybridized carbons (Fsp3) is 0.429. The van der Waals surface area contributed by atoms with Gasteiger partial charge in [0, 0.05) is 45.1 Å². The van der Waals surface area contributed by atoms with Crippen LogP contribution in [0.3, 0.4) is 0 Å². The zero-order chi connectivity index (χ0) is 12.8. The summed E-state index contributed by atoms with van der Waals surface area (Å²) in [5, 5.41) is 3.35. The lowest BCUT2D eigenvalue weighted by molar-refractivity contribution is 0.199. The Bertz CT molecular complexity index is 460. The van der Waals surface area contributed by atoms with E-state index < -0.39 is 0 Å². The third-order valence-corrected chi connectivity index (χ3v) is 3.05. The van der Waals surface area contributed by atoms with Crippen LogP contribution in [0.25, 0.3) is 0 Å². The number of nitrogens with zero attached hydrogens (tertiary/aromatic N) is 1. The smallest absolute Gasteiger partial charge is 0.109 e. The number of hydrogen-bond acceptors (Lipinski definition) is 3. The Morgan fingerprint density at radius 1 is 1.28 bits per heavy atom. The summed E-state index contributed by atoms with van der Waals surface area (Å²) in [6.45, 7) is 2.47. The van der Waals surface area contributed by atoms with Crippen molar-refractivity contribution >= 4 is 0 Å². The molecule has 2 heterocycles. The van der Waals surface area contributed by atoms with E-state index in [9.17, 15) is 0 Å². The molecule has 1 N–H and O–H groups in total. The second-order valence-corrected chi connectivity index (χ2v) is 4.30. The van der Waals surface area contributed by atoms with Gasteiger partial charge < -0.3 is 19.0 Å². The fourth-order valence-corrected chi connectivity index (χ4v) is 1.94. The van der Waals surface area contributed by atoms with Crippen LogP contribution in [0.4, 0.5) is 0 Å². The van der Waals surface area contributed by atoms with Crippen molar-refractivity contribution in [2.45, 2.75) is 13.0 Å². The Kier molecular flexibility index (Phi) is 4.61. The van der Waals surface area contributed by atoms with Gasteiger partial charge in [0.05, 0.1) is 12.9 Å². The first-order valence-electron chi connectivity index (χ1n) is 6.16. The van der Waals surface area contributed by atoms with E-state index in [1.54, 1.807) is 13.4 Å². The predicted molar refractivity (Wildman–Crippen MR) is 70.5 cm³/mol. The summed E-state index contributed by atoms with van der Waals surface area (Å²) in [7, 11) is 3.80. The third kappa shape index (κ3) is 3.24. The second kappa shape index (κ2) is 6.42. The highest BCUT2D eigenvalue weighted by molar-refractivity contribution is 5.20. The highest BCUT2D eigenvalue weighted by Crippen LogP contribution is 2.13. The number of nitrogens with one attached hydrogen (secondary N) is 1. The predicted octanol–water partition coefficient (Wildman–Crippen LogP) is 1.94. The van der Waals surface area contributed by atoms with Crippen molar-refractivity contribution in [3.05, 3.63) is 47.7 Å². The van der Waals surface area contributed by atoms with Crippen LogP contribution in [-0.4, -0.2) is 24.8 Å². The third-order valence-electron chi connectivity index (χ3n) is 3.05.